The number of hydrogen-bond acceptors (Lipinski definition) is 6. The lowest BCUT2D eigenvalue weighted by Crippen LogP contribution is -2.54. The van der Waals surface area contributed by atoms with Gasteiger partial charge in [-0.2, -0.15) is 5.06 Å². The van der Waals surface area contributed by atoms with E-state index >= 15 is 0 Å². The average molecular weight is 222 g/mol. The van der Waals surface area contributed by atoms with E-state index in [1.165, 1.54) is 5.06 Å². The molecule has 1 unspecified atom stereocenters. The minimum Gasteiger partial charge on any atom is -0.395 e. The molecule has 0 aromatic carbocycles. The summed E-state index contributed by atoms with van der Waals surface area (Å²) in [5, 5.41) is 29.3. The lowest BCUT2D eigenvalue weighted by molar-refractivity contribution is -0.265. The Hall–Kier alpha value is -0.240. The molecule has 6 heteroatoms. The Kier molecular flexibility index (Phi) is 6.26. The standard InChI is InChI=1S/C9H22N2O4/c1-10(2)8(15-11(3)4)9(5-12,6-13)7-14/h8,12-14H,5-7H2,1-4H3. The van der Waals surface area contributed by atoms with Crippen molar-refractivity contribution in [2.75, 3.05) is 48.0 Å². The van der Waals surface area contributed by atoms with Crippen molar-refractivity contribution in [1.82, 2.24) is 9.96 Å². The summed E-state index contributed by atoms with van der Waals surface area (Å²) in [4.78, 5) is 7.13. The van der Waals surface area contributed by atoms with Gasteiger partial charge in [0, 0.05) is 14.1 Å². The molecule has 0 aliphatic carbocycles. The fourth-order valence-electron chi connectivity index (χ4n) is 1.34. The van der Waals surface area contributed by atoms with Crippen LogP contribution in [0.15, 0.2) is 0 Å². The maximum absolute atomic E-state index is 9.26. The van der Waals surface area contributed by atoms with Crippen LogP contribution in [-0.4, -0.2) is 79.5 Å². The number of aliphatic hydroxyl groups is 3. The number of aliphatic hydroxyl groups excluding tert-OH is 3. The maximum Gasteiger partial charge on any atom is 0.144 e. The van der Waals surface area contributed by atoms with Crippen LogP contribution in [0.3, 0.4) is 0 Å². The smallest absolute Gasteiger partial charge is 0.144 e. The topological polar surface area (TPSA) is 76.4 Å². The summed E-state index contributed by atoms with van der Waals surface area (Å²) >= 11 is 0. The Balaban J connectivity index is 4.83. The van der Waals surface area contributed by atoms with Crippen molar-refractivity contribution in [3.05, 3.63) is 0 Å². The first-order valence-corrected chi connectivity index (χ1v) is 4.76. The fraction of sp³-hybridized carbons (Fsp3) is 1.00. The first kappa shape index (κ1) is 14.8. The third kappa shape index (κ3) is 3.67. The summed E-state index contributed by atoms with van der Waals surface area (Å²) in [6.45, 7) is -1.05. The SMILES string of the molecule is CN(C)OC(N(C)C)C(CO)(CO)CO. The summed E-state index contributed by atoms with van der Waals surface area (Å²) in [6.07, 6.45) is -0.590. The van der Waals surface area contributed by atoms with Gasteiger partial charge in [-0.25, -0.2) is 0 Å². The molecule has 0 radical (unpaired) electrons. The fourth-order valence-corrected chi connectivity index (χ4v) is 1.34. The van der Waals surface area contributed by atoms with E-state index in [2.05, 4.69) is 0 Å². The first-order chi connectivity index (χ1) is 6.93. The van der Waals surface area contributed by atoms with Crippen molar-refractivity contribution in [3.8, 4) is 0 Å². The van der Waals surface area contributed by atoms with E-state index < -0.39 is 11.6 Å². The zero-order valence-electron chi connectivity index (χ0n) is 9.84. The van der Waals surface area contributed by atoms with Crippen LogP contribution < -0.4 is 0 Å². The van der Waals surface area contributed by atoms with Crippen LogP contribution in [0.2, 0.25) is 0 Å². The lowest BCUT2D eigenvalue weighted by Gasteiger charge is -2.40. The van der Waals surface area contributed by atoms with Gasteiger partial charge in [-0.05, 0) is 14.1 Å². The van der Waals surface area contributed by atoms with Crippen molar-refractivity contribution in [1.29, 1.82) is 0 Å². The molecule has 0 aliphatic heterocycles. The zero-order chi connectivity index (χ0) is 12.1. The third-order valence-corrected chi connectivity index (χ3v) is 2.25. The third-order valence-electron chi connectivity index (χ3n) is 2.25. The van der Waals surface area contributed by atoms with Crippen molar-refractivity contribution in [3.63, 3.8) is 0 Å². The Morgan fingerprint density at radius 3 is 1.60 bits per heavy atom. The summed E-state index contributed by atoms with van der Waals surface area (Å²) in [5.74, 6) is 0. The van der Waals surface area contributed by atoms with Crippen LogP contribution in [0.4, 0.5) is 0 Å². The zero-order valence-corrected chi connectivity index (χ0v) is 9.84. The molecule has 1 atom stereocenters. The van der Waals surface area contributed by atoms with E-state index in [0.29, 0.717) is 0 Å². The van der Waals surface area contributed by atoms with E-state index in [1.54, 1.807) is 33.1 Å². The Morgan fingerprint density at radius 2 is 1.40 bits per heavy atom. The Morgan fingerprint density at radius 1 is 1.00 bits per heavy atom. The lowest BCUT2D eigenvalue weighted by atomic mass is 9.88. The molecule has 0 aromatic heterocycles. The molecule has 0 fully saturated rings. The van der Waals surface area contributed by atoms with E-state index in [0.717, 1.165) is 0 Å². The molecule has 0 bridgehead atoms. The maximum atomic E-state index is 9.26. The quantitative estimate of drug-likeness (QED) is 0.353. The molecule has 0 aromatic rings. The van der Waals surface area contributed by atoms with Crippen molar-refractivity contribution in [2.24, 2.45) is 5.41 Å². The van der Waals surface area contributed by atoms with Crippen molar-refractivity contribution < 1.29 is 20.2 Å². The van der Waals surface area contributed by atoms with Crippen molar-refractivity contribution >= 4 is 0 Å². The Labute approximate surface area is 90.6 Å². The molecule has 0 saturated carbocycles. The summed E-state index contributed by atoms with van der Waals surface area (Å²) in [6, 6.07) is 0. The first-order valence-electron chi connectivity index (χ1n) is 4.76. The highest BCUT2D eigenvalue weighted by molar-refractivity contribution is 4.84. The van der Waals surface area contributed by atoms with Gasteiger partial charge in [0.25, 0.3) is 0 Å². The molecule has 0 saturated heterocycles. The van der Waals surface area contributed by atoms with Gasteiger partial charge in [0.2, 0.25) is 0 Å². The van der Waals surface area contributed by atoms with Gasteiger partial charge in [0.15, 0.2) is 0 Å². The average Bonchev–Trinajstić information content (AvgIpc) is 2.19. The normalized spacial score (nSPS) is 15.0. The predicted octanol–water partition coefficient (Wildman–Crippen LogP) is -1.67. The molecule has 0 rings (SSSR count). The van der Waals surface area contributed by atoms with Crippen LogP contribution in [0.25, 0.3) is 0 Å². The molecule has 0 amide bonds. The number of hydroxylamine groups is 2. The summed E-state index contributed by atoms with van der Waals surface area (Å²) in [7, 11) is 6.91. The molecule has 0 heterocycles. The summed E-state index contributed by atoms with van der Waals surface area (Å²) < 4.78 is 0. The van der Waals surface area contributed by atoms with E-state index in [9.17, 15) is 15.3 Å². The van der Waals surface area contributed by atoms with Crippen LogP contribution in [0.1, 0.15) is 0 Å². The van der Waals surface area contributed by atoms with E-state index in [-0.39, 0.29) is 19.8 Å². The van der Waals surface area contributed by atoms with E-state index in [4.69, 9.17) is 4.84 Å². The molecular weight excluding hydrogens is 200 g/mol. The van der Waals surface area contributed by atoms with Crippen LogP contribution in [0.5, 0.6) is 0 Å². The minimum atomic E-state index is -1.08. The summed E-state index contributed by atoms with van der Waals surface area (Å²) in [5.41, 5.74) is -1.08. The van der Waals surface area contributed by atoms with Gasteiger partial charge in [-0.3, -0.25) is 9.74 Å². The van der Waals surface area contributed by atoms with Crippen LogP contribution in [-0.2, 0) is 4.84 Å². The van der Waals surface area contributed by atoms with Crippen LogP contribution in [0, 0.1) is 5.41 Å². The molecule has 6 nitrogen and oxygen atoms in total. The van der Waals surface area contributed by atoms with Gasteiger partial charge >= 0.3 is 0 Å². The molecule has 15 heavy (non-hydrogen) atoms. The number of hydrogen-bond donors (Lipinski definition) is 3. The highest BCUT2D eigenvalue weighted by Gasteiger charge is 2.41. The number of nitrogens with zero attached hydrogens (tertiary/aromatic N) is 2. The van der Waals surface area contributed by atoms with Gasteiger partial charge in [-0.1, -0.05) is 0 Å². The molecule has 0 spiro atoms. The molecule has 0 aliphatic rings. The Bertz CT molecular complexity index is 163. The van der Waals surface area contributed by atoms with Crippen LogP contribution >= 0.6 is 0 Å². The highest BCUT2D eigenvalue weighted by Crippen LogP contribution is 2.25. The van der Waals surface area contributed by atoms with Gasteiger partial charge in [-0.15, -0.1) is 0 Å². The molecular formula is C9H22N2O4. The second-order valence-corrected chi connectivity index (χ2v) is 4.07. The second-order valence-electron chi connectivity index (χ2n) is 4.07. The number of rotatable bonds is 7. The van der Waals surface area contributed by atoms with Crippen molar-refractivity contribution in [2.45, 2.75) is 6.23 Å². The monoisotopic (exact) mass is 222 g/mol. The van der Waals surface area contributed by atoms with E-state index in [1.807, 2.05) is 0 Å². The van der Waals surface area contributed by atoms with Gasteiger partial charge < -0.3 is 15.3 Å². The minimum absolute atomic E-state index is 0.351. The molecule has 92 valence electrons. The molecule has 3 N–H and O–H groups in total. The highest BCUT2D eigenvalue weighted by atomic mass is 16.7. The van der Waals surface area contributed by atoms with Gasteiger partial charge in [0.1, 0.15) is 6.23 Å². The predicted molar refractivity (Wildman–Crippen MR) is 55.9 cm³/mol. The van der Waals surface area contributed by atoms with Gasteiger partial charge in [0.05, 0.1) is 25.2 Å². The second kappa shape index (κ2) is 6.37. The largest absolute Gasteiger partial charge is 0.395 e.